The van der Waals surface area contributed by atoms with Gasteiger partial charge in [0, 0.05) is 4.90 Å². The SMILES string of the molecule is CSc1ccc(/C=N\NC(=O)COc2ccc(C(C)(C)C)cc2)cc1. The molecule has 0 aliphatic heterocycles. The van der Waals surface area contributed by atoms with Gasteiger partial charge in [0.2, 0.25) is 0 Å². The number of thioether (sulfide) groups is 1. The molecule has 5 heteroatoms. The molecule has 0 saturated carbocycles. The molecule has 2 aromatic carbocycles. The van der Waals surface area contributed by atoms with Crippen LogP contribution >= 0.6 is 11.8 Å². The van der Waals surface area contributed by atoms with Crippen LogP contribution in [0.5, 0.6) is 5.75 Å². The Balaban J connectivity index is 1.79. The number of nitrogens with one attached hydrogen (secondary N) is 1. The highest BCUT2D eigenvalue weighted by Crippen LogP contribution is 2.24. The molecule has 2 rings (SSSR count). The number of carbonyl (C=O) groups excluding carboxylic acids is 1. The Hall–Kier alpha value is -2.27. The zero-order valence-electron chi connectivity index (χ0n) is 15.1. The number of hydrazone groups is 1. The lowest BCUT2D eigenvalue weighted by Crippen LogP contribution is -2.24. The maximum atomic E-state index is 11.8. The van der Waals surface area contributed by atoms with Crippen LogP contribution in [0.15, 0.2) is 58.5 Å². The predicted molar refractivity (Wildman–Crippen MR) is 105 cm³/mol. The smallest absolute Gasteiger partial charge is 0.277 e. The molecule has 0 saturated heterocycles. The van der Waals surface area contributed by atoms with Crippen LogP contribution in [-0.2, 0) is 10.2 Å². The van der Waals surface area contributed by atoms with Crippen LogP contribution in [0.3, 0.4) is 0 Å². The molecule has 0 spiro atoms. The first-order chi connectivity index (χ1) is 11.9. The van der Waals surface area contributed by atoms with Gasteiger partial charge in [0.15, 0.2) is 6.61 Å². The number of ether oxygens (including phenoxy) is 1. The summed E-state index contributed by atoms with van der Waals surface area (Å²) in [6, 6.07) is 15.7. The average molecular weight is 356 g/mol. The lowest BCUT2D eigenvalue weighted by molar-refractivity contribution is -0.123. The molecule has 0 aliphatic rings. The van der Waals surface area contributed by atoms with Gasteiger partial charge in [0.05, 0.1) is 6.21 Å². The monoisotopic (exact) mass is 356 g/mol. The summed E-state index contributed by atoms with van der Waals surface area (Å²) in [7, 11) is 0. The second-order valence-corrected chi connectivity index (χ2v) is 7.51. The first-order valence-corrected chi connectivity index (χ1v) is 9.30. The van der Waals surface area contributed by atoms with Crippen molar-refractivity contribution in [2.75, 3.05) is 12.9 Å². The van der Waals surface area contributed by atoms with Gasteiger partial charge in [-0.05, 0) is 47.1 Å². The number of amides is 1. The molecule has 0 aromatic heterocycles. The van der Waals surface area contributed by atoms with Crippen molar-refractivity contribution in [3.8, 4) is 5.75 Å². The summed E-state index contributed by atoms with van der Waals surface area (Å²) >= 11 is 1.68. The average Bonchev–Trinajstić information content (AvgIpc) is 2.60. The zero-order valence-corrected chi connectivity index (χ0v) is 15.9. The van der Waals surface area contributed by atoms with Crippen LogP contribution in [0.4, 0.5) is 0 Å². The highest BCUT2D eigenvalue weighted by molar-refractivity contribution is 7.98. The van der Waals surface area contributed by atoms with Gasteiger partial charge < -0.3 is 4.74 Å². The third-order valence-electron chi connectivity index (χ3n) is 3.61. The Morgan fingerprint density at radius 2 is 1.76 bits per heavy atom. The normalized spacial score (nSPS) is 11.5. The number of nitrogens with zero attached hydrogens (tertiary/aromatic N) is 1. The summed E-state index contributed by atoms with van der Waals surface area (Å²) in [6.07, 6.45) is 3.64. The first-order valence-electron chi connectivity index (χ1n) is 8.08. The minimum absolute atomic E-state index is 0.0718. The Morgan fingerprint density at radius 1 is 1.12 bits per heavy atom. The predicted octanol–water partition coefficient (Wildman–Crippen LogP) is 4.24. The van der Waals surface area contributed by atoms with Gasteiger partial charge >= 0.3 is 0 Å². The van der Waals surface area contributed by atoms with E-state index in [1.807, 2.05) is 54.8 Å². The highest BCUT2D eigenvalue weighted by Gasteiger charge is 2.13. The number of benzene rings is 2. The summed E-state index contributed by atoms with van der Waals surface area (Å²) in [6.45, 7) is 6.40. The standard InChI is InChI=1S/C20H24N2O2S/c1-20(2,3)16-7-9-17(10-8-16)24-14-19(23)22-21-13-15-5-11-18(25-4)12-6-15/h5-13H,14H2,1-4H3,(H,22,23)/b21-13-. The van der Waals surface area contributed by atoms with Crippen molar-refractivity contribution in [2.45, 2.75) is 31.1 Å². The van der Waals surface area contributed by atoms with Gasteiger partial charge in [0.25, 0.3) is 5.91 Å². The van der Waals surface area contributed by atoms with Crippen molar-refractivity contribution >= 4 is 23.9 Å². The van der Waals surface area contributed by atoms with Gasteiger partial charge in [-0.2, -0.15) is 5.10 Å². The Bertz CT molecular complexity index is 717. The van der Waals surface area contributed by atoms with Gasteiger partial charge in [-0.3, -0.25) is 4.79 Å². The van der Waals surface area contributed by atoms with E-state index in [4.69, 9.17) is 4.74 Å². The van der Waals surface area contributed by atoms with Crippen molar-refractivity contribution in [3.05, 3.63) is 59.7 Å². The zero-order chi connectivity index (χ0) is 18.3. The van der Waals surface area contributed by atoms with Gasteiger partial charge in [-0.25, -0.2) is 5.43 Å². The van der Waals surface area contributed by atoms with E-state index in [9.17, 15) is 4.79 Å². The van der Waals surface area contributed by atoms with E-state index in [2.05, 4.69) is 31.3 Å². The van der Waals surface area contributed by atoms with Crippen molar-refractivity contribution in [1.29, 1.82) is 0 Å². The second-order valence-electron chi connectivity index (χ2n) is 6.63. The van der Waals surface area contributed by atoms with Crippen LogP contribution in [0.25, 0.3) is 0 Å². The maximum Gasteiger partial charge on any atom is 0.277 e. The molecule has 0 bridgehead atoms. The lowest BCUT2D eigenvalue weighted by Gasteiger charge is -2.19. The molecule has 132 valence electrons. The minimum Gasteiger partial charge on any atom is -0.484 e. The molecular weight excluding hydrogens is 332 g/mol. The molecule has 0 fully saturated rings. The lowest BCUT2D eigenvalue weighted by atomic mass is 9.87. The fourth-order valence-corrected chi connectivity index (χ4v) is 2.51. The van der Waals surface area contributed by atoms with E-state index in [1.165, 1.54) is 10.5 Å². The molecular formula is C20H24N2O2S. The van der Waals surface area contributed by atoms with E-state index < -0.39 is 0 Å². The van der Waals surface area contributed by atoms with Gasteiger partial charge in [-0.1, -0.05) is 45.0 Å². The topological polar surface area (TPSA) is 50.7 Å². The molecule has 0 atom stereocenters. The molecule has 4 nitrogen and oxygen atoms in total. The maximum absolute atomic E-state index is 11.8. The molecule has 2 aromatic rings. The van der Waals surface area contributed by atoms with Crippen LogP contribution in [0, 0.1) is 0 Å². The third kappa shape index (κ3) is 6.27. The Labute approximate surface area is 153 Å². The van der Waals surface area contributed by atoms with Crippen molar-refractivity contribution in [1.82, 2.24) is 5.43 Å². The molecule has 1 amide bonds. The number of rotatable bonds is 6. The van der Waals surface area contributed by atoms with Crippen LogP contribution in [-0.4, -0.2) is 25.0 Å². The molecule has 0 aliphatic carbocycles. The van der Waals surface area contributed by atoms with E-state index in [1.54, 1.807) is 18.0 Å². The number of hydrogen-bond donors (Lipinski definition) is 1. The molecule has 0 radical (unpaired) electrons. The Kier molecular flexibility index (Phi) is 6.65. The first kappa shape index (κ1) is 19.1. The van der Waals surface area contributed by atoms with Crippen LogP contribution < -0.4 is 10.2 Å². The minimum atomic E-state index is -0.295. The Morgan fingerprint density at radius 3 is 2.32 bits per heavy atom. The van der Waals surface area contributed by atoms with E-state index in [-0.39, 0.29) is 17.9 Å². The second kappa shape index (κ2) is 8.72. The fourth-order valence-electron chi connectivity index (χ4n) is 2.10. The highest BCUT2D eigenvalue weighted by atomic mass is 32.2. The van der Waals surface area contributed by atoms with Crippen LogP contribution in [0.2, 0.25) is 0 Å². The summed E-state index contributed by atoms with van der Waals surface area (Å²) < 4.78 is 5.48. The van der Waals surface area contributed by atoms with E-state index in [0.717, 1.165) is 5.56 Å². The fraction of sp³-hybridized carbons (Fsp3) is 0.300. The largest absolute Gasteiger partial charge is 0.484 e. The molecule has 0 heterocycles. The van der Waals surface area contributed by atoms with Crippen molar-refractivity contribution in [3.63, 3.8) is 0 Å². The van der Waals surface area contributed by atoms with Gasteiger partial charge in [-0.15, -0.1) is 11.8 Å². The molecule has 1 N–H and O–H groups in total. The summed E-state index contributed by atoms with van der Waals surface area (Å²) in [5, 5.41) is 3.94. The summed E-state index contributed by atoms with van der Waals surface area (Å²) in [5.74, 6) is 0.372. The van der Waals surface area contributed by atoms with Gasteiger partial charge in [0.1, 0.15) is 5.75 Å². The van der Waals surface area contributed by atoms with Crippen molar-refractivity contribution in [2.24, 2.45) is 5.10 Å². The quantitative estimate of drug-likeness (QED) is 0.479. The van der Waals surface area contributed by atoms with Crippen molar-refractivity contribution < 1.29 is 9.53 Å². The third-order valence-corrected chi connectivity index (χ3v) is 4.35. The molecule has 25 heavy (non-hydrogen) atoms. The number of hydrogen-bond acceptors (Lipinski definition) is 4. The van der Waals surface area contributed by atoms with E-state index >= 15 is 0 Å². The van der Waals surface area contributed by atoms with E-state index in [0.29, 0.717) is 5.75 Å². The molecule has 0 unspecified atom stereocenters. The number of carbonyl (C=O) groups is 1. The van der Waals surface area contributed by atoms with Crippen LogP contribution in [0.1, 0.15) is 31.9 Å². The summed E-state index contributed by atoms with van der Waals surface area (Å²) in [4.78, 5) is 13.0. The summed E-state index contributed by atoms with van der Waals surface area (Å²) in [5.41, 5.74) is 4.71.